The van der Waals surface area contributed by atoms with Crippen LogP contribution in [0.15, 0.2) is 35.3 Å². The summed E-state index contributed by atoms with van der Waals surface area (Å²) in [7, 11) is 3.98. The summed E-state index contributed by atoms with van der Waals surface area (Å²) in [6.45, 7) is 5.78. The van der Waals surface area contributed by atoms with Gasteiger partial charge in [0, 0.05) is 39.1 Å². The third kappa shape index (κ3) is 6.16. The van der Waals surface area contributed by atoms with Crippen molar-refractivity contribution >= 4 is 29.9 Å². The molecule has 2 aromatic rings. The van der Waals surface area contributed by atoms with Crippen molar-refractivity contribution in [2.75, 3.05) is 20.6 Å². The van der Waals surface area contributed by atoms with Gasteiger partial charge in [0.05, 0.1) is 6.54 Å². The van der Waals surface area contributed by atoms with E-state index < -0.39 is 0 Å². The monoisotopic (exact) mass is 497 g/mol. The Labute approximate surface area is 185 Å². The fraction of sp³-hybridized carbons (Fsp3) is 0.550. The standard InChI is InChI=1S/C20H31N7.HI/c1-16(26(3)15-17-8-5-4-6-9-17)11-12-22-20(21-2)23-14-19-25-24-18-10-7-13-27(18)19;/h4-6,8-9,16H,7,10-15H2,1-3H3,(H2,21,22,23);1H. The summed E-state index contributed by atoms with van der Waals surface area (Å²) in [5.41, 5.74) is 1.35. The first kappa shape index (κ1) is 22.6. The van der Waals surface area contributed by atoms with Gasteiger partial charge >= 0.3 is 0 Å². The Morgan fingerprint density at radius 1 is 1.25 bits per heavy atom. The number of aromatic nitrogens is 3. The average Bonchev–Trinajstić information content (AvgIpc) is 3.29. The summed E-state index contributed by atoms with van der Waals surface area (Å²) in [4.78, 5) is 6.70. The number of nitrogens with zero attached hydrogens (tertiary/aromatic N) is 5. The van der Waals surface area contributed by atoms with Gasteiger partial charge in [0.2, 0.25) is 0 Å². The lowest BCUT2D eigenvalue weighted by Crippen LogP contribution is -2.40. The minimum atomic E-state index is 0. The molecule has 2 heterocycles. The second kappa shape index (κ2) is 11.4. The van der Waals surface area contributed by atoms with Crippen LogP contribution >= 0.6 is 24.0 Å². The van der Waals surface area contributed by atoms with Crippen LogP contribution in [0, 0.1) is 0 Å². The SMILES string of the molecule is CN=C(NCCC(C)N(C)Cc1ccccc1)NCc1nnc2n1CCC2.I. The normalized spacial score (nSPS) is 14.5. The number of aliphatic imine (C=N–C) groups is 1. The smallest absolute Gasteiger partial charge is 0.191 e. The largest absolute Gasteiger partial charge is 0.356 e. The molecule has 0 bridgehead atoms. The summed E-state index contributed by atoms with van der Waals surface area (Å²) in [5, 5.41) is 15.3. The van der Waals surface area contributed by atoms with Gasteiger partial charge in [0.15, 0.2) is 11.8 Å². The maximum absolute atomic E-state index is 4.31. The van der Waals surface area contributed by atoms with E-state index in [1.54, 1.807) is 7.05 Å². The summed E-state index contributed by atoms with van der Waals surface area (Å²) in [6.07, 6.45) is 3.25. The Morgan fingerprint density at radius 2 is 2.04 bits per heavy atom. The highest BCUT2D eigenvalue weighted by Crippen LogP contribution is 2.13. The molecule has 0 amide bonds. The molecule has 1 atom stereocenters. The van der Waals surface area contributed by atoms with E-state index in [1.807, 2.05) is 0 Å². The lowest BCUT2D eigenvalue weighted by Gasteiger charge is -2.25. The summed E-state index contributed by atoms with van der Waals surface area (Å²) < 4.78 is 2.21. The molecule has 0 spiro atoms. The van der Waals surface area contributed by atoms with Gasteiger partial charge in [-0.05, 0) is 32.4 Å². The van der Waals surface area contributed by atoms with Gasteiger partial charge in [-0.1, -0.05) is 30.3 Å². The molecule has 28 heavy (non-hydrogen) atoms. The number of aryl methyl sites for hydroxylation is 1. The number of hydrogen-bond donors (Lipinski definition) is 2. The zero-order valence-corrected chi connectivity index (χ0v) is 19.4. The number of nitrogens with one attached hydrogen (secondary N) is 2. The number of halogens is 1. The molecule has 3 rings (SSSR count). The van der Waals surface area contributed by atoms with E-state index in [1.165, 1.54) is 12.0 Å². The molecule has 2 N–H and O–H groups in total. The van der Waals surface area contributed by atoms with Crippen LogP contribution in [0.2, 0.25) is 0 Å². The number of hydrogen-bond acceptors (Lipinski definition) is 4. The van der Waals surface area contributed by atoms with Crippen LogP contribution in [0.5, 0.6) is 0 Å². The number of guanidine groups is 1. The van der Waals surface area contributed by atoms with Gasteiger partial charge in [-0.15, -0.1) is 34.2 Å². The van der Waals surface area contributed by atoms with E-state index in [4.69, 9.17) is 0 Å². The molecular formula is C20H32IN7. The molecule has 8 heteroatoms. The van der Waals surface area contributed by atoms with E-state index in [2.05, 4.69) is 79.6 Å². The van der Waals surface area contributed by atoms with Crippen LogP contribution in [-0.4, -0.2) is 52.3 Å². The minimum Gasteiger partial charge on any atom is -0.356 e. The quantitative estimate of drug-likeness (QED) is 0.333. The number of rotatable bonds is 8. The van der Waals surface area contributed by atoms with E-state index in [0.717, 1.165) is 50.1 Å². The molecule has 0 saturated carbocycles. The van der Waals surface area contributed by atoms with E-state index in [9.17, 15) is 0 Å². The van der Waals surface area contributed by atoms with Crippen molar-refractivity contribution in [3.05, 3.63) is 47.5 Å². The second-order valence-corrected chi connectivity index (χ2v) is 7.18. The molecule has 0 radical (unpaired) electrons. The van der Waals surface area contributed by atoms with Crippen LogP contribution < -0.4 is 10.6 Å². The lowest BCUT2D eigenvalue weighted by atomic mass is 10.1. The minimum absolute atomic E-state index is 0. The van der Waals surface area contributed by atoms with E-state index in [0.29, 0.717) is 12.6 Å². The van der Waals surface area contributed by atoms with Crippen molar-refractivity contribution in [2.24, 2.45) is 4.99 Å². The first-order chi connectivity index (χ1) is 13.2. The summed E-state index contributed by atoms with van der Waals surface area (Å²) in [6, 6.07) is 11.1. The zero-order valence-electron chi connectivity index (χ0n) is 17.1. The van der Waals surface area contributed by atoms with Crippen molar-refractivity contribution in [1.29, 1.82) is 0 Å². The molecule has 1 unspecified atom stereocenters. The molecule has 7 nitrogen and oxygen atoms in total. The lowest BCUT2D eigenvalue weighted by molar-refractivity contribution is 0.238. The average molecular weight is 497 g/mol. The Morgan fingerprint density at radius 3 is 2.79 bits per heavy atom. The van der Waals surface area contributed by atoms with Gasteiger partial charge < -0.3 is 15.2 Å². The van der Waals surface area contributed by atoms with Crippen molar-refractivity contribution in [3.8, 4) is 0 Å². The highest BCUT2D eigenvalue weighted by atomic mass is 127. The van der Waals surface area contributed by atoms with E-state index in [-0.39, 0.29) is 24.0 Å². The predicted octanol–water partition coefficient (Wildman–Crippen LogP) is 2.42. The van der Waals surface area contributed by atoms with Gasteiger partial charge in [-0.3, -0.25) is 9.89 Å². The van der Waals surface area contributed by atoms with Crippen molar-refractivity contribution in [1.82, 2.24) is 30.3 Å². The molecule has 1 aromatic heterocycles. The Bertz CT molecular complexity index is 744. The highest BCUT2D eigenvalue weighted by molar-refractivity contribution is 14.0. The van der Waals surface area contributed by atoms with Crippen LogP contribution in [0.1, 0.15) is 37.0 Å². The van der Waals surface area contributed by atoms with E-state index >= 15 is 0 Å². The predicted molar refractivity (Wildman–Crippen MR) is 124 cm³/mol. The number of benzene rings is 1. The summed E-state index contributed by atoms with van der Waals surface area (Å²) >= 11 is 0. The first-order valence-electron chi connectivity index (χ1n) is 9.77. The molecular weight excluding hydrogens is 465 g/mol. The van der Waals surface area contributed by atoms with Crippen LogP contribution in [0.25, 0.3) is 0 Å². The van der Waals surface area contributed by atoms with Gasteiger partial charge in [0.25, 0.3) is 0 Å². The van der Waals surface area contributed by atoms with Gasteiger partial charge in [-0.2, -0.15) is 0 Å². The second-order valence-electron chi connectivity index (χ2n) is 7.18. The Kier molecular flexibility index (Phi) is 9.17. The van der Waals surface area contributed by atoms with Crippen molar-refractivity contribution in [3.63, 3.8) is 0 Å². The van der Waals surface area contributed by atoms with Crippen molar-refractivity contribution in [2.45, 2.75) is 51.9 Å². The Balaban J connectivity index is 0.00000280. The Hall–Kier alpha value is -1.68. The maximum Gasteiger partial charge on any atom is 0.191 e. The zero-order chi connectivity index (χ0) is 19.1. The first-order valence-corrected chi connectivity index (χ1v) is 9.77. The summed E-state index contributed by atoms with van der Waals surface area (Å²) in [5.74, 6) is 2.90. The third-order valence-corrected chi connectivity index (χ3v) is 5.21. The molecule has 1 aromatic carbocycles. The van der Waals surface area contributed by atoms with Crippen molar-refractivity contribution < 1.29 is 0 Å². The molecule has 154 valence electrons. The molecule has 0 fully saturated rings. The van der Waals surface area contributed by atoms with Gasteiger partial charge in [0.1, 0.15) is 5.82 Å². The van der Waals surface area contributed by atoms with Crippen LogP contribution in [0.4, 0.5) is 0 Å². The molecule has 0 aliphatic carbocycles. The molecule has 1 aliphatic heterocycles. The van der Waals surface area contributed by atoms with Crippen LogP contribution in [-0.2, 0) is 26.1 Å². The van der Waals surface area contributed by atoms with Gasteiger partial charge in [-0.25, -0.2) is 0 Å². The topological polar surface area (TPSA) is 70.4 Å². The molecule has 0 saturated heterocycles. The fourth-order valence-electron chi connectivity index (χ4n) is 3.37. The fourth-order valence-corrected chi connectivity index (χ4v) is 3.37. The number of fused-ring (bicyclic) bond motifs is 1. The third-order valence-electron chi connectivity index (χ3n) is 5.21. The van der Waals surface area contributed by atoms with Crippen LogP contribution in [0.3, 0.4) is 0 Å². The highest BCUT2D eigenvalue weighted by Gasteiger charge is 2.17. The molecule has 1 aliphatic rings. The maximum atomic E-state index is 4.31.